The monoisotopic (exact) mass is 317 g/mol. The highest BCUT2D eigenvalue weighted by atomic mass is 19.1. The number of halogens is 1. The van der Waals surface area contributed by atoms with Crippen molar-refractivity contribution in [3.05, 3.63) is 59.4 Å². The van der Waals surface area contributed by atoms with Crippen molar-refractivity contribution in [1.29, 1.82) is 0 Å². The van der Waals surface area contributed by atoms with Gasteiger partial charge < -0.3 is 14.8 Å². The minimum absolute atomic E-state index is 0.00429. The van der Waals surface area contributed by atoms with E-state index in [9.17, 15) is 9.18 Å². The van der Waals surface area contributed by atoms with Crippen molar-refractivity contribution in [1.82, 2.24) is 5.32 Å². The van der Waals surface area contributed by atoms with Gasteiger partial charge in [0, 0.05) is 17.7 Å². The quantitative estimate of drug-likeness (QED) is 0.886. The number of carbonyl (C=O) groups excluding carboxylic acids is 1. The Morgan fingerprint density at radius 1 is 1.17 bits per heavy atom. The molecule has 0 bridgehead atoms. The van der Waals surface area contributed by atoms with Crippen LogP contribution in [0.2, 0.25) is 0 Å². The Kier molecular flexibility index (Phi) is 5.57. The lowest BCUT2D eigenvalue weighted by atomic mass is 10.1. The van der Waals surface area contributed by atoms with Crippen LogP contribution >= 0.6 is 0 Å². The number of carbonyl (C=O) groups is 1. The van der Waals surface area contributed by atoms with Gasteiger partial charge >= 0.3 is 0 Å². The van der Waals surface area contributed by atoms with Crippen LogP contribution in [-0.4, -0.2) is 19.1 Å². The zero-order valence-corrected chi connectivity index (χ0v) is 13.4. The molecule has 0 atom stereocenters. The van der Waals surface area contributed by atoms with E-state index in [1.807, 2.05) is 13.8 Å². The lowest BCUT2D eigenvalue weighted by molar-refractivity contribution is 0.0950. The molecule has 0 unspecified atom stereocenters. The number of rotatable bonds is 6. The maximum absolute atomic E-state index is 13.5. The third-order valence-corrected chi connectivity index (χ3v) is 3.19. The Hall–Kier alpha value is -2.56. The second-order valence-corrected chi connectivity index (χ2v) is 5.31. The van der Waals surface area contributed by atoms with Gasteiger partial charge in [0.2, 0.25) is 0 Å². The molecule has 2 aromatic carbocycles. The van der Waals surface area contributed by atoms with E-state index < -0.39 is 0 Å². The maximum atomic E-state index is 13.5. The number of nitrogens with one attached hydrogen (secondary N) is 1. The Morgan fingerprint density at radius 3 is 2.57 bits per heavy atom. The summed E-state index contributed by atoms with van der Waals surface area (Å²) in [6.45, 7) is 3.95. The molecule has 4 nitrogen and oxygen atoms in total. The van der Waals surface area contributed by atoms with Gasteiger partial charge in [-0.1, -0.05) is 18.2 Å². The zero-order valence-electron chi connectivity index (χ0n) is 13.4. The smallest absolute Gasteiger partial charge is 0.251 e. The van der Waals surface area contributed by atoms with E-state index in [2.05, 4.69) is 5.32 Å². The number of benzene rings is 2. The van der Waals surface area contributed by atoms with E-state index in [1.54, 1.807) is 36.4 Å². The topological polar surface area (TPSA) is 47.6 Å². The van der Waals surface area contributed by atoms with Crippen LogP contribution in [0.1, 0.15) is 29.8 Å². The number of ether oxygens (including phenoxy) is 2. The number of hydrogen-bond acceptors (Lipinski definition) is 3. The van der Waals surface area contributed by atoms with E-state index >= 15 is 0 Å². The van der Waals surface area contributed by atoms with Gasteiger partial charge in [-0.25, -0.2) is 4.39 Å². The average molecular weight is 317 g/mol. The fraction of sp³-hybridized carbons (Fsp3) is 0.278. The predicted molar refractivity (Wildman–Crippen MR) is 86.3 cm³/mol. The first kappa shape index (κ1) is 16.8. The van der Waals surface area contributed by atoms with Crippen LogP contribution in [0.3, 0.4) is 0 Å². The summed E-state index contributed by atoms with van der Waals surface area (Å²) in [5.74, 6) is 0.416. The van der Waals surface area contributed by atoms with Crippen LogP contribution in [0.25, 0.3) is 0 Å². The van der Waals surface area contributed by atoms with Crippen LogP contribution in [0.4, 0.5) is 4.39 Å². The molecule has 2 rings (SSSR count). The van der Waals surface area contributed by atoms with Crippen molar-refractivity contribution in [3.8, 4) is 11.5 Å². The molecule has 122 valence electrons. The van der Waals surface area contributed by atoms with Gasteiger partial charge in [-0.05, 0) is 38.1 Å². The van der Waals surface area contributed by atoms with Crippen molar-refractivity contribution >= 4 is 5.91 Å². The van der Waals surface area contributed by atoms with Gasteiger partial charge in [0.1, 0.15) is 5.82 Å². The molecule has 0 aliphatic carbocycles. The van der Waals surface area contributed by atoms with Crippen molar-refractivity contribution in [2.75, 3.05) is 7.11 Å². The molecule has 0 radical (unpaired) electrons. The highest BCUT2D eigenvalue weighted by Gasteiger charge is 2.12. The molecule has 1 N–H and O–H groups in total. The molecule has 0 aliphatic rings. The van der Waals surface area contributed by atoms with Gasteiger partial charge in [-0.3, -0.25) is 4.79 Å². The van der Waals surface area contributed by atoms with Gasteiger partial charge in [0.25, 0.3) is 5.91 Å². The molecule has 2 aromatic rings. The summed E-state index contributed by atoms with van der Waals surface area (Å²) in [5, 5.41) is 2.69. The average Bonchev–Trinajstić information content (AvgIpc) is 2.53. The maximum Gasteiger partial charge on any atom is 0.251 e. The number of methoxy groups -OCH3 is 1. The van der Waals surface area contributed by atoms with Crippen LogP contribution in [0, 0.1) is 5.82 Å². The van der Waals surface area contributed by atoms with Gasteiger partial charge in [-0.15, -0.1) is 0 Å². The second kappa shape index (κ2) is 7.63. The van der Waals surface area contributed by atoms with E-state index in [0.29, 0.717) is 22.6 Å². The Labute approximate surface area is 135 Å². The molecular weight excluding hydrogens is 297 g/mol. The van der Waals surface area contributed by atoms with Crippen LogP contribution in [0.15, 0.2) is 42.5 Å². The van der Waals surface area contributed by atoms with Crippen molar-refractivity contribution in [3.63, 3.8) is 0 Å². The number of hydrogen-bond donors (Lipinski definition) is 1. The first-order valence-electron chi connectivity index (χ1n) is 7.37. The van der Waals surface area contributed by atoms with Crippen LogP contribution in [0.5, 0.6) is 11.5 Å². The Bertz CT molecular complexity index is 686. The molecule has 0 saturated carbocycles. The van der Waals surface area contributed by atoms with Gasteiger partial charge in [0.15, 0.2) is 11.5 Å². The van der Waals surface area contributed by atoms with E-state index in [-0.39, 0.29) is 24.4 Å². The summed E-state index contributed by atoms with van der Waals surface area (Å²) in [4.78, 5) is 12.2. The fourth-order valence-electron chi connectivity index (χ4n) is 2.08. The zero-order chi connectivity index (χ0) is 16.8. The summed E-state index contributed by atoms with van der Waals surface area (Å²) in [6, 6.07) is 11.3. The molecule has 0 spiro atoms. The normalized spacial score (nSPS) is 10.5. The molecule has 1 amide bonds. The van der Waals surface area contributed by atoms with E-state index in [0.717, 1.165) is 0 Å². The Morgan fingerprint density at radius 2 is 1.91 bits per heavy atom. The van der Waals surface area contributed by atoms with Crippen molar-refractivity contribution in [2.45, 2.75) is 26.5 Å². The van der Waals surface area contributed by atoms with E-state index in [4.69, 9.17) is 9.47 Å². The molecule has 23 heavy (non-hydrogen) atoms. The minimum atomic E-state index is -0.342. The highest BCUT2D eigenvalue weighted by molar-refractivity contribution is 5.94. The highest BCUT2D eigenvalue weighted by Crippen LogP contribution is 2.29. The van der Waals surface area contributed by atoms with Crippen LogP contribution < -0.4 is 14.8 Å². The van der Waals surface area contributed by atoms with Gasteiger partial charge in [0.05, 0.1) is 13.2 Å². The second-order valence-electron chi connectivity index (χ2n) is 5.31. The summed E-state index contributed by atoms with van der Waals surface area (Å²) in [5.41, 5.74) is 0.863. The minimum Gasteiger partial charge on any atom is -0.493 e. The SMILES string of the molecule is COc1cc(C(=O)NCc2ccccc2F)ccc1OC(C)C. The summed E-state index contributed by atoms with van der Waals surface area (Å²) in [6.07, 6.45) is 0.00429. The molecule has 0 saturated heterocycles. The standard InChI is InChI=1S/C18H20FNO3/c1-12(2)23-16-9-8-13(10-17(16)22-3)18(21)20-11-14-6-4-5-7-15(14)19/h4-10,12H,11H2,1-3H3,(H,20,21). The molecule has 0 fully saturated rings. The molecule has 5 heteroatoms. The third-order valence-electron chi connectivity index (χ3n) is 3.19. The summed E-state index contributed by atoms with van der Waals surface area (Å²) in [7, 11) is 1.52. The van der Waals surface area contributed by atoms with Crippen molar-refractivity contribution in [2.24, 2.45) is 0 Å². The lowest BCUT2D eigenvalue weighted by Gasteiger charge is -2.14. The molecule has 0 aliphatic heterocycles. The molecule has 0 heterocycles. The fourth-order valence-corrected chi connectivity index (χ4v) is 2.08. The molecule has 0 aromatic heterocycles. The van der Waals surface area contributed by atoms with Crippen molar-refractivity contribution < 1.29 is 18.7 Å². The predicted octanol–water partition coefficient (Wildman–Crippen LogP) is 3.55. The molecular formula is C18H20FNO3. The summed E-state index contributed by atoms with van der Waals surface area (Å²) < 4.78 is 24.4. The van der Waals surface area contributed by atoms with Crippen LogP contribution in [-0.2, 0) is 6.54 Å². The Balaban J connectivity index is 2.09. The first-order valence-corrected chi connectivity index (χ1v) is 7.37. The number of amides is 1. The van der Waals surface area contributed by atoms with Gasteiger partial charge in [-0.2, -0.15) is 0 Å². The van der Waals surface area contributed by atoms with E-state index in [1.165, 1.54) is 13.2 Å². The third kappa shape index (κ3) is 4.45. The largest absolute Gasteiger partial charge is 0.493 e. The summed E-state index contributed by atoms with van der Waals surface area (Å²) >= 11 is 0. The first-order chi connectivity index (χ1) is 11.0. The lowest BCUT2D eigenvalue weighted by Crippen LogP contribution is -2.23.